The SMILES string of the molecule is COCC(O)CSC(=N)N. The van der Waals surface area contributed by atoms with Crippen LogP contribution in [0.4, 0.5) is 0 Å². The molecule has 4 N–H and O–H groups in total. The quantitative estimate of drug-likeness (QED) is 0.391. The summed E-state index contributed by atoms with van der Waals surface area (Å²) in [7, 11) is 1.52. The van der Waals surface area contributed by atoms with Crippen molar-refractivity contribution in [3.8, 4) is 0 Å². The van der Waals surface area contributed by atoms with E-state index in [2.05, 4.69) is 4.74 Å². The third kappa shape index (κ3) is 5.87. The van der Waals surface area contributed by atoms with Crippen LogP contribution in [0.1, 0.15) is 0 Å². The van der Waals surface area contributed by atoms with Gasteiger partial charge in [-0.15, -0.1) is 0 Å². The van der Waals surface area contributed by atoms with Crippen LogP contribution >= 0.6 is 11.8 Å². The zero-order valence-electron chi connectivity index (χ0n) is 5.83. The van der Waals surface area contributed by atoms with Gasteiger partial charge in [0.15, 0.2) is 5.17 Å². The van der Waals surface area contributed by atoms with Crippen LogP contribution in [0.3, 0.4) is 0 Å². The number of thioether (sulfide) groups is 1. The smallest absolute Gasteiger partial charge is 0.151 e. The molecule has 1 atom stereocenters. The molecule has 0 aliphatic heterocycles. The number of amidine groups is 1. The highest BCUT2D eigenvalue weighted by molar-refractivity contribution is 8.13. The van der Waals surface area contributed by atoms with Crippen LogP contribution < -0.4 is 5.73 Å². The van der Waals surface area contributed by atoms with Gasteiger partial charge in [-0.1, -0.05) is 11.8 Å². The summed E-state index contributed by atoms with van der Waals surface area (Å²) in [6.07, 6.45) is -0.529. The van der Waals surface area contributed by atoms with E-state index in [0.29, 0.717) is 12.4 Å². The van der Waals surface area contributed by atoms with Crippen molar-refractivity contribution in [1.82, 2.24) is 0 Å². The first-order chi connectivity index (χ1) is 4.66. The maximum Gasteiger partial charge on any atom is 0.151 e. The highest BCUT2D eigenvalue weighted by Gasteiger charge is 2.03. The first kappa shape index (κ1) is 9.74. The average molecular weight is 164 g/mol. The Kier molecular flexibility index (Phi) is 5.38. The van der Waals surface area contributed by atoms with Crippen molar-refractivity contribution in [1.29, 1.82) is 5.41 Å². The van der Waals surface area contributed by atoms with E-state index in [1.54, 1.807) is 0 Å². The van der Waals surface area contributed by atoms with E-state index in [4.69, 9.17) is 16.2 Å². The second-order valence-electron chi connectivity index (χ2n) is 1.78. The Labute approximate surface area is 64.3 Å². The van der Waals surface area contributed by atoms with Gasteiger partial charge in [0.05, 0.1) is 12.7 Å². The lowest BCUT2D eigenvalue weighted by atomic mass is 10.4. The predicted molar refractivity (Wildman–Crippen MR) is 42.3 cm³/mol. The first-order valence-electron chi connectivity index (χ1n) is 2.80. The second kappa shape index (κ2) is 5.52. The maximum absolute atomic E-state index is 9.00. The second-order valence-corrected chi connectivity index (χ2v) is 2.85. The van der Waals surface area contributed by atoms with Crippen LogP contribution in [0.25, 0.3) is 0 Å². The van der Waals surface area contributed by atoms with E-state index in [1.807, 2.05) is 0 Å². The molecule has 10 heavy (non-hydrogen) atoms. The van der Waals surface area contributed by atoms with Gasteiger partial charge in [-0.25, -0.2) is 0 Å². The van der Waals surface area contributed by atoms with E-state index in [-0.39, 0.29) is 5.17 Å². The molecule has 0 saturated carbocycles. The fourth-order valence-electron chi connectivity index (χ4n) is 0.426. The maximum atomic E-state index is 9.00. The zero-order valence-corrected chi connectivity index (χ0v) is 6.65. The van der Waals surface area contributed by atoms with Gasteiger partial charge in [0.25, 0.3) is 0 Å². The Bertz CT molecular complexity index is 110. The van der Waals surface area contributed by atoms with Gasteiger partial charge in [0.2, 0.25) is 0 Å². The summed E-state index contributed by atoms with van der Waals surface area (Å²) in [6.45, 7) is 0.292. The molecule has 0 aliphatic rings. The molecule has 4 nitrogen and oxygen atoms in total. The van der Waals surface area contributed by atoms with E-state index in [1.165, 1.54) is 7.11 Å². The van der Waals surface area contributed by atoms with Crippen molar-refractivity contribution in [2.75, 3.05) is 19.5 Å². The molecule has 0 fully saturated rings. The van der Waals surface area contributed by atoms with Crippen LogP contribution in [0, 0.1) is 5.41 Å². The Hall–Kier alpha value is -0.260. The van der Waals surface area contributed by atoms with E-state index < -0.39 is 6.10 Å². The first-order valence-corrected chi connectivity index (χ1v) is 3.79. The fraction of sp³-hybridized carbons (Fsp3) is 0.800. The monoisotopic (exact) mass is 164 g/mol. The highest BCUT2D eigenvalue weighted by atomic mass is 32.2. The van der Waals surface area contributed by atoms with Crippen molar-refractivity contribution in [2.24, 2.45) is 5.73 Å². The van der Waals surface area contributed by atoms with Gasteiger partial charge in [0.1, 0.15) is 0 Å². The third-order valence-electron chi connectivity index (χ3n) is 0.790. The summed E-state index contributed by atoms with van der Waals surface area (Å²) in [4.78, 5) is 0. The molecule has 0 radical (unpaired) electrons. The average Bonchev–Trinajstić information content (AvgIpc) is 1.85. The van der Waals surface area contributed by atoms with Crippen LogP contribution in [0.2, 0.25) is 0 Å². The fourth-order valence-corrected chi connectivity index (χ4v) is 0.895. The summed E-state index contributed by atoms with van der Waals surface area (Å²) in [5.74, 6) is 0.420. The predicted octanol–water partition coefficient (Wildman–Crippen LogP) is -0.380. The molecule has 0 bridgehead atoms. The molecule has 0 aromatic heterocycles. The molecular weight excluding hydrogens is 152 g/mol. The molecular formula is C5H12N2O2S. The standard InChI is InChI=1S/C5H12N2O2S/c1-9-2-4(8)3-10-5(6)7/h4,8H,2-3H2,1H3,(H3,6,7). The minimum atomic E-state index is -0.529. The van der Waals surface area contributed by atoms with Gasteiger partial charge >= 0.3 is 0 Å². The molecule has 0 saturated heterocycles. The molecule has 1 unspecified atom stereocenters. The Morgan fingerprint density at radius 2 is 2.50 bits per heavy atom. The number of aliphatic hydroxyl groups excluding tert-OH is 1. The number of nitrogens with one attached hydrogen (secondary N) is 1. The molecule has 0 rings (SSSR count). The molecule has 0 aliphatic carbocycles. The van der Waals surface area contributed by atoms with E-state index >= 15 is 0 Å². The lowest BCUT2D eigenvalue weighted by Crippen LogP contribution is -2.19. The highest BCUT2D eigenvalue weighted by Crippen LogP contribution is 2.00. The molecule has 0 aromatic rings. The Morgan fingerprint density at radius 3 is 2.90 bits per heavy atom. The number of aliphatic hydroxyl groups is 1. The van der Waals surface area contributed by atoms with Crippen molar-refractivity contribution in [3.05, 3.63) is 0 Å². The topological polar surface area (TPSA) is 79.3 Å². The summed E-state index contributed by atoms with van der Waals surface area (Å²) >= 11 is 1.11. The van der Waals surface area contributed by atoms with Gasteiger partial charge in [-0.2, -0.15) is 0 Å². The van der Waals surface area contributed by atoms with E-state index in [0.717, 1.165) is 11.8 Å². The lowest BCUT2D eigenvalue weighted by Gasteiger charge is -2.06. The van der Waals surface area contributed by atoms with E-state index in [9.17, 15) is 0 Å². The number of ether oxygens (including phenoxy) is 1. The third-order valence-corrected chi connectivity index (χ3v) is 1.65. The zero-order chi connectivity index (χ0) is 7.98. The molecule has 0 aromatic carbocycles. The molecule has 5 heteroatoms. The van der Waals surface area contributed by atoms with Crippen LogP contribution in [0.15, 0.2) is 0 Å². The number of nitrogens with two attached hydrogens (primary N) is 1. The molecule has 60 valence electrons. The minimum absolute atomic E-state index is 0.0233. The lowest BCUT2D eigenvalue weighted by molar-refractivity contribution is 0.0795. The number of hydrogen-bond donors (Lipinski definition) is 3. The van der Waals surface area contributed by atoms with Crippen LogP contribution in [0.5, 0.6) is 0 Å². The number of hydrogen-bond acceptors (Lipinski definition) is 4. The molecule has 0 amide bonds. The van der Waals surface area contributed by atoms with Crippen molar-refractivity contribution in [3.63, 3.8) is 0 Å². The minimum Gasteiger partial charge on any atom is -0.390 e. The normalized spacial score (nSPS) is 13.0. The van der Waals surface area contributed by atoms with Gasteiger partial charge in [0, 0.05) is 12.9 Å². The number of rotatable bonds is 4. The van der Waals surface area contributed by atoms with Crippen LogP contribution in [-0.2, 0) is 4.74 Å². The summed E-state index contributed by atoms with van der Waals surface area (Å²) in [6, 6.07) is 0. The molecule has 0 heterocycles. The summed E-state index contributed by atoms with van der Waals surface area (Å²) in [5.41, 5.74) is 5.03. The Morgan fingerprint density at radius 1 is 1.90 bits per heavy atom. The van der Waals surface area contributed by atoms with Gasteiger partial charge < -0.3 is 15.6 Å². The summed E-state index contributed by atoms with van der Waals surface area (Å²) < 4.78 is 4.66. The van der Waals surface area contributed by atoms with Crippen molar-refractivity contribution >= 4 is 16.9 Å². The Balaban J connectivity index is 3.21. The van der Waals surface area contributed by atoms with Gasteiger partial charge in [-0.3, -0.25) is 5.41 Å². The largest absolute Gasteiger partial charge is 0.390 e. The molecule has 0 spiro atoms. The summed E-state index contributed by atoms with van der Waals surface area (Å²) in [5, 5.41) is 15.8. The van der Waals surface area contributed by atoms with Crippen molar-refractivity contribution < 1.29 is 9.84 Å². The van der Waals surface area contributed by atoms with Crippen LogP contribution in [-0.4, -0.2) is 35.8 Å². The number of methoxy groups -OCH3 is 1. The van der Waals surface area contributed by atoms with Crippen molar-refractivity contribution in [2.45, 2.75) is 6.10 Å². The van der Waals surface area contributed by atoms with Gasteiger partial charge in [-0.05, 0) is 0 Å².